The Morgan fingerprint density at radius 1 is 1.25 bits per heavy atom. The largest absolute Gasteiger partial charge is 0.480 e. The highest BCUT2D eigenvalue weighted by molar-refractivity contribution is 7.92. The van der Waals surface area contributed by atoms with Crippen LogP contribution in [0.5, 0.6) is 0 Å². The van der Waals surface area contributed by atoms with Crippen molar-refractivity contribution in [3.8, 4) is 0 Å². The number of hydrogen-bond donors (Lipinski definition) is 1. The van der Waals surface area contributed by atoms with Crippen LogP contribution in [0.15, 0.2) is 29.2 Å². The van der Waals surface area contributed by atoms with Gasteiger partial charge in [0.2, 0.25) is 0 Å². The molecule has 112 valence electrons. The van der Waals surface area contributed by atoms with Gasteiger partial charge >= 0.3 is 12.1 Å². The molecular formula is C12H13F3O4S. The Morgan fingerprint density at radius 3 is 2.20 bits per heavy atom. The van der Waals surface area contributed by atoms with Crippen molar-refractivity contribution in [3.63, 3.8) is 0 Å². The molecule has 1 N–H and O–H groups in total. The molecule has 1 aromatic carbocycles. The molecule has 0 aliphatic carbocycles. The maximum atomic E-state index is 12.6. The van der Waals surface area contributed by atoms with Crippen molar-refractivity contribution in [2.75, 3.05) is 0 Å². The van der Waals surface area contributed by atoms with Crippen LogP contribution in [-0.2, 0) is 20.8 Å². The Morgan fingerprint density at radius 2 is 1.80 bits per heavy atom. The van der Waals surface area contributed by atoms with E-state index in [4.69, 9.17) is 5.11 Å². The van der Waals surface area contributed by atoms with Crippen LogP contribution in [0.4, 0.5) is 13.2 Å². The van der Waals surface area contributed by atoms with Crippen molar-refractivity contribution in [2.24, 2.45) is 5.92 Å². The first-order chi connectivity index (χ1) is 8.98. The van der Waals surface area contributed by atoms with Gasteiger partial charge in [0.15, 0.2) is 15.1 Å². The number of hydrogen-bond acceptors (Lipinski definition) is 3. The SMILES string of the molecule is CC(C)C(C(=O)O)S(=O)(=O)c1cccc(C(F)(F)F)c1. The Labute approximate surface area is 114 Å². The van der Waals surface area contributed by atoms with Gasteiger partial charge in [0, 0.05) is 0 Å². The summed E-state index contributed by atoms with van der Waals surface area (Å²) >= 11 is 0. The molecule has 20 heavy (non-hydrogen) atoms. The number of halogens is 3. The van der Waals surface area contributed by atoms with E-state index < -0.39 is 43.6 Å². The van der Waals surface area contributed by atoms with Crippen LogP contribution in [-0.4, -0.2) is 24.7 Å². The van der Waals surface area contributed by atoms with Gasteiger partial charge in [-0.2, -0.15) is 13.2 Å². The summed E-state index contributed by atoms with van der Waals surface area (Å²) in [5.41, 5.74) is -1.13. The molecule has 1 unspecified atom stereocenters. The van der Waals surface area contributed by atoms with Gasteiger partial charge in [-0.15, -0.1) is 0 Å². The van der Waals surface area contributed by atoms with Gasteiger partial charge in [0.25, 0.3) is 0 Å². The molecule has 0 aliphatic rings. The summed E-state index contributed by atoms with van der Waals surface area (Å²) in [6, 6.07) is 3.08. The lowest BCUT2D eigenvalue weighted by atomic mass is 10.1. The van der Waals surface area contributed by atoms with Crippen molar-refractivity contribution >= 4 is 15.8 Å². The van der Waals surface area contributed by atoms with E-state index in [1.165, 1.54) is 13.8 Å². The molecule has 1 rings (SSSR count). The minimum absolute atomic E-state index is 0.452. The summed E-state index contributed by atoms with van der Waals surface area (Å²) < 4.78 is 62.0. The molecular weight excluding hydrogens is 297 g/mol. The van der Waals surface area contributed by atoms with E-state index in [1.54, 1.807) is 0 Å². The maximum absolute atomic E-state index is 12.6. The molecule has 0 bridgehead atoms. The predicted molar refractivity (Wildman–Crippen MR) is 64.9 cm³/mol. The van der Waals surface area contributed by atoms with Crippen molar-refractivity contribution in [2.45, 2.75) is 30.2 Å². The van der Waals surface area contributed by atoms with Crippen LogP contribution in [0, 0.1) is 5.92 Å². The second kappa shape index (κ2) is 5.43. The average molecular weight is 310 g/mol. The first-order valence-corrected chi connectivity index (χ1v) is 7.16. The third-order valence-electron chi connectivity index (χ3n) is 2.67. The molecule has 0 aliphatic heterocycles. The molecule has 0 saturated carbocycles. The highest BCUT2D eigenvalue weighted by atomic mass is 32.2. The number of carboxylic acid groups (broad SMARTS) is 1. The summed E-state index contributed by atoms with van der Waals surface area (Å²) in [6.07, 6.45) is -4.69. The fourth-order valence-electron chi connectivity index (χ4n) is 1.77. The van der Waals surface area contributed by atoms with Crippen molar-refractivity contribution < 1.29 is 31.5 Å². The zero-order valence-corrected chi connectivity index (χ0v) is 11.5. The van der Waals surface area contributed by atoms with Gasteiger partial charge in [-0.1, -0.05) is 19.9 Å². The van der Waals surface area contributed by atoms with Gasteiger partial charge < -0.3 is 5.11 Å². The Hall–Kier alpha value is -1.57. The highest BCUT2D eigenvalue weighted by Crippen LogP contribution is 2.32. The molecule has 0 saturated heterocycles. The van der Waals surface area contributed by atoms with Crippen molar-refractivity contribution in [1.82, 2.24) is 0 Å². The van der Waals surface area contributed by atoms with Crippen LogP contribution >= 0.6 is 0 Å². The molecule has 0 amide bonds. The van der Waals surface area contributed by atoms with Gasteiger partial charge in [-0.25, -0.2) is 8.42 Å². The number of benzene rings is 1. The first kappa shape index (κ1) is 16.5. The zero-order valence-electron chi connectivity index (χ0n) is 10.7. The number of rotatable bonds is 4. The van der Waals surface area contributed by atoms with E-state index in [-0.39, 0.29) is 0 Å². The minimum Gasteiger partial charge on any atom is -0.480 e. The Balaban J connectivity index is 3.39. The summed E-state index contributed by atoms with van der Waals surface area (Å²) in [5.74, 6) is -2.36. The quantitative estimate of drug-likeness (QED) is 0.928. The summed E-state index contributed by atoms with van der Waals surface area (Å²) in [5, 5.41) is 7.18. The molecule has 0 heterocycles. The number of carbonyl (C=O) groups is 1. The molecule has 0 spiro atoms. The smallest absolute Gasteiger partial charge is 0.416 e. The maximum Gasteiger partial charge on any atom is 0.416 e. The molecule has 8 heteroatoms. The zero-order chi connectivity index (χ0) is 15.7. The molecule has 0 fully saturated rings. The van der Waals surface area contributed by atoms with Crippen LogP contribution in [0.3, 0.4) is 0 Å². The lowest BCUT2D eigenvalue weighted by Crippen LogP contribution is -2.35. The monoisotopic (exact) mass is 310 g/mol. The third-order valence-corrected chi connectivity index (χ3v) is 5.00. The number of sulfone groups is 1. The summed E-state index contributed by atoms with van der Waals surface area (Å²) in [6.45, 7) is 2.76. The van der Waals surface area contributed by atoms with Gasteiger partial charge in [0.1, 0.15) is 0 Å². The van der Waals surface area contributed by atoms with E-state index in [0.717, 1.165) is 18.2 Å². The molecule has 1 atom stereocenters. The summed E-state index contributed by atoms with van der Waals surface area (Å²) in [7, 11) is -4.38. The second-order valence-electron chi connectivity index (χ2n) is 4.57. The lowest BCUT2D eigenvalue weighted by molar-refractivity contribution is -0.138. The van der Waals surface area contributed by atoms with E-state index in [2.05, 4.69) is 0 Å². The van der Waals surface area contributed by atoms with E-state index in [1.807, 2.05) is 0 Å². The standard InChI is InChI=1S/C12H13F3O4S/c1-7(2)10(11(16)17)20(18,19)9-5-3-4-8(6-9)12(13,14)15/h3-7,10H,1-2H3,(H,16,17). The van der Waals surface area contributed by atoms with Crippen LogP contribution in [0.2, 0.25) is 0 Å². The first-order valence-electron chi connectivity index (χ1n) is 5.62. The van der Waals surface area contributed by atoms with E-state index in [0.29, 0.717) is 6.07 Å². The van der Waals surface area contributed by atoms with Gasteiger partial charge in [0.05, 0.1) is 10.5 Å². The minimum atomic E-state index is -4.69. The van der Waals surface area contributed by atoms with Gasteiger partial charge in [-0.3, -0.25) is 4.79 Å². The van der Waals surface area contributed by atoms with Gasteiger partial charge in [-0.05, 0) is 24.1 Å². The Bertz CT molecular complexity index is 605. The fourth-order valence-corrected chi connectivity index (χ4v) is 3.61. The van der Waals surface area contributed by atoms with Crippen LogP contribution in [0.1, 0.15) is 19.4 Å². The molecule has 4 nitrogen and oxygen atoms in total. The summed E-state index contributed by atoms with van der Waals surface area (Å²) in [4.78, 5) is 10.4. The molecule has 1 aromatic rings. The van der Waals surface area contributed by atoms with Crippen LogP contribution < -0.4 is 0 Å². The second-order valence-corrected chi connectivity index (χ2v) is 6.64. The number of aliphatic carboxylic acids is 1. The average Bonchev–Trinajstić information content (AvgIpc) is 2.26. The van der Waals surface area contributed by atoms with Crippen LogP contribution in [0.25, 0.3) is 0 Å². The Kier molecular flexibility index (Phi) is 4.48. The number of carboxylic acids is 1. The van der Waals surface area contributed by atoms with Crippen molar-refractivity contribution in [3.05, 3.63) is 29.8 Å². The van der Waals surface area contributed by atoms with E-state index >= 15 is 0 Å². The third kappa shape index (κ3) is 3.30. The van der Waals surface area contributed by atoms with E-state index in [9.17, 15) is 26.4 Å². The topological polar surface area (TPSA) is 71.4 Å². The molecule has 0 radical (unpaired) electrons. The normalized spacial score (nSPS) is 14.3. The lowest BCUT2D eigenvalue weighted by Gasteiger charge is -2.17. The predicted octanol–water partition coefficient (Wildman–Crippen LogP) is 2.59. The molecule has 0 aromatic heterocycles. The number of alkyl halides is 3. The fraction of sp³-hybridized carbons (Fsp3) is 0.417. The van der Waals surface area contributed by atoms with Crippen molar-refractivity contribution in [1.29, 1.82) is 0 Å². The highest BCUT2D eigenvalue weighted by Gasteiger charge is 2.38.